The molecule has 4 heteroatoms. The van der Waals surface area contributed by atoms with E-state index in [2.05, 4.69) is 37.1 Å². The largest absolute Gasteiger partial charge is 0.330 e. The van der Waals surface area contributed by atoms with Gasteiger partial charge in [0.05, 0.1) is 6.20 Å². The minimum atomic E-state index is 0.414. The first-order chi connectivity index (χ1) is 9.17. The van der Waals surface area contributed by atoms with Crippen molar-refractivity contribution in [3.63, 3.8) is 0 Å². The van der Waals surface area contributed by atoms with E-state index in [0.29, 0.717) is 18.0 Å². The Kier molecular flexibility index (Phi) is 4.99. The molecule has 0 aliphatic heterocycles. The molecule has 1 aliphatic rings. The fourth-order valence-corrected chi connectivity index (χ4v) is 3.29. The maximum absolute atomic E-state index is 5.95. The van der Waals surface area contributed by atoms with Gasteiger partial charge in [0.25, 0.3) is 0 Å². The average Bonchev–Trinajstić information content (AvgIpc) is 2.94. The molecule has 1 fully saturated rings. The molecule has 0 amide bonds. The summed E-state index contributed by atoms with van der Waals surface area (Å²) in [6.45, 7) is 6.15. The highest BCUT2D eigenvalue weighted by molar-refractivity contribution is 5.10. The number of hydrogen-bond donors (Lipinski definition) is 1. The van der Waals surface area contributed by atoms with E-state index in [1.807, 2.05) is 10.9 Å². The van der Waals surface area contributed by atoms with Gasteiger partial charge in [-0.25, -0.2) is 0 Å². The van der Waals surface area contributed by atoms with Crippen LogP contribution in [-0.4, -0.2) is 34.3 Å². The normalized spacial score (nSPS) is 25.7. The van der Waals surface area contributed by atoms with Gasteiger partial charge >= 0.3 is 0 Å². The molecule has 0 bridgehead atoms. The molecule has 1 aromatic rings. The van der Waals surface area contributed by atoms with Crippen molar-refractivity contribution in [1.82, 2.24) is 14.7 Å². The molecule has 108 valence electrons. The predicted octanol–water partition coefficient (Wildman–Crippen LogP) is 2.41. The monoisotopic (exact) mass is 264 g/mol. The molecule has 0 saturated heterocycles. The molecule has 0 aromatic carbocycles. The van der Waals surface area contributed by atoms with Crippen molar-refractivity contribution in [3.8, 4) is 0 Å². The van der Waals surface area contributed by atoms with E-state index in [4.69, 9.17) is 5.73 Å². The lowest BCUT2D eigenvalue weighted by Crippen LogP contribution is -2.44. The van der Waals surface area contributed by atoms with Crippen molar-refractivity contribution in [1.29, 1.82) is 0 Å². The van der Waals surface area contributed by atoms with Crippen LogP contribution in [0.15, 0.2) is 12.4 Å². The van der Waals surface area contributed by atoms with Gasteiger partial charge in [0.1, 0.15) is 0 Å². The Labute approximate surface area is 117 Å². The van der Waals surface area contributed by atoms with Crippen molar-refractivity contribution in [2.24, 2.45) is 11.7 Å². The molecule has 1 saturated carbocycles. The Morgan fingerprint density at radius 2 is 2.21 bits per heavy atom. The Balaban J connectivity index is 2.06. The molecule has 3 atom stereocenters. The van der Waals surface area contributed by atoms with Crippen LogP contribution >= 0.6 is 0 Å². The first kappa shape index (κ1) is 14.5. The van der Waals surface area contributed by atoms with E-state index in [1.54, 1.807) is 0 Å². The molecule has 1 heterocycles. The minimum absolute atomic E-state index is 0.414. The molecule has 2 N–H and O–H groups in total. The van der Waals surface area contributed by atoms with E-state index in [0.717, 1.165) is 13.1 Å². The van der Waals surface area contributed by atoms with Crippen molar-refractivity contribution in [3.05, 3.63) is 18.0 Å². The van der Waals surface area contributed by atoms with Gasteiger partial charge in [-0.05, 0) is 46.2 Å². The topological polar surface area (TPSA) is 47.1 Å². The zero-order valence-electron chi connectivity index (χ0n) is 12.5. The van der Waals surface area contributed by atoms with Crippen LogP contribution in [0.1, 0.15) is 51.1 Å². The second-order valence-corrected chi connectivity index (χ2v) is 5.82. The first-order valence-electron chi connectivity index (χ1n) is 7.61. The van der Waals surface area contributed by atoms with E-state index < -0.39 is 0 Å². The fourth-order valence-electron chi connectivity index (χ4n) is 3.29. The van der Waals surface area contributed by atoms with Gasteiger partial charge in [-0.1, -0.05) is 12.8 Å². The summed E-state index contributed by atoms with van der Waals surface area (Å²) in [5, 5.41) is 4.39. The van der Waals surface area contributed by atoms with Crippen LogP contribution in [0, 0.1) is 5.92 Å². The van der Waals surface area contributed by atoms with Crippen LogP contribution in [-0.2, 0) is 6.54 Å². The van der Waals surface area contributed by atoms with E-state index in [-0.39, 0.29) is 0 Å². The van der Waals surface area contributed by atoms with Gasteiger partial charge in [-0.2, -0.15) is 5.10 Å². The molecule has 1 aromatic heterocycles. The summed E-state index contributed by atoms with van der Waals surface area (Å²) in [6, 6.07) is 1.04. The van der Waals surface area contributed by atoms with Gasteiger partial charge in [-0.3, -0.25) is 9.58 Å². The number of nitrogens with two attached hydrogens (primary N) is 1. The minimum Gasteiger partial charge on any atom is -0.330 e. The fraction of sp³-hybridized carbons (Fsp3) is 0.800. The number of nitrogens with zero attached hydrogens (tertiary/aromatic N) is 3. The molecule has 4 nitrogen and oxygen atoms in total. The van der Waals surface area contributed by atoms with Gasteiger partial charge in [0, 0.05) is 30.4 Å². The maximum Gasteiger partial charge on any atom is 0.0537 e. The zero-order chi connectivity index (χ0) is 13.8. The lowest BCUT2D eigenvalue weighted by Gasteiger charge is -2.40. The predicted molar refractivity (Wildman–Crippen MR) is 78.9 cm³/mol. The zero-order valence-corrected chi connectivity index (χ0v) is 12.5. The van der Waals surface area contributed by atoms with Crippen molar-refractivity contribution in [2.75, 3.05) is 13.6 Å². The quantitative estimate of drug-likeness (QED) is 0.888. The Morgan fingerprint density at radius 1 is 1.47 bits per heavy atom. The van der Waals surface area contributed by atoms with Crippen LogP contribution in [0.4, 0.5) is 0 Å². The van der Waals surface area contributed by atoms with Crippen molar-refractivity contribution in [2.45, 2.75) is 58.2 Å². The second-order valence-electron chi connectivity index (χ2n) is 5.82. The third-order valence-electron chi connectivity index (χ3n) is 4.77. The molecule has 19 heavy (non-hydrogen) atoms. The Bertz CT molecular complexity index is 387. The summed E-state index contributed by atoms with van der Waals surface area (Å²) in [5.74, 6) is 0.655. The SMILES string of the molecule is CCn1cc(C(C)N(C)C2CCCCC2CN)cn1. The van der Waals surface area contributed by atoms with Crippen molar-refractivity contribution >= 4 is 0 Å². The Morgan fingerprint density at radius 3 is 2.84 bits per heavy atom. The molecule has 0 radical (unpaired) electrons. The van der Waals surface area contributed by atoms with Gasteiger partial charge in [0.2, 0.25) is 0 Å². The molecule has 0 spiro atoms. The van der Waals surface area contributed by atoms with Crippen LogP contribution in [0.5, 0.6) is 0 Å². The third-order valence-corrected chi connectivity index (χ3v) is 4.77. The summed E-state index contributed by atoms with van der Waals surface area (Å²) in [5.41, 5.74) is 7.26. The Hall–Kier alpha value is -0.870. The number of hydrogen-bond acceptors (Lipinski definition) is 3. The third kappa shape index (κ3) is 3.18. The average molecular weight is 264 g/mol. The van der Waals surface area contributed by atoms with Crippen LogP contribution < -0.4 is 5.73 Å². The summed E-state index contributed by atoms with van der Waals surface area (Å²) >= 11 is 0. The second kappa shape index (κ2) is 6.53. The number of rotatable bonds is 5. The lowest BCUT2D eigenvalue weighted by atomic mass is 9.83. The van der Waals surface area contributed by atoms with Crippen LogP contribution in [0.25, 0.3) is 0 Å². The van der Waals surface area contributed by atoms with Gasteiger partial charge in [0.15, 0.2) is 0 Å². The highest BCUT2D eigenvalue weighted by atomic mass is 15.3. The smallest absolute Gasteiger partial charge is 0.0537 e. The standard InChI is InChI=1S/C15H28N4/c1-4-19-11-14(10-17-19)12(2)18(3)15-8-6-5-7-13(15)9-16/h10-13,15H,4-9,16H2,1-3H3. The van der Waals surface area contributed by atoms with Crippen LogP contribution in [0.3, 0.4) is 0 Å². The summed E-state index contributed by atoms with van der Waals surface area (Å²) in [7, 11) is 2.24. The first-order valence-corrected chi connectivity index (χ1v) is 7.61. The highest BCUT2D eigenvalue weighted by Gasteiger charge is 2.30. The maximum atomic E-state index is 5.95. The summed E-state index contributed by atoms with van der Waals surface area (Å²) < 4.78 is 2.00. The van der Waals surface area contributed by atoms with Crippen LogP contribution in [0.2, 0.25) is 0 Å². The van der Waals surface area contributed by atoms with Gasteiger partial charge in [-0.15, -0.1) is 0 Å². The summed E-state index contributed by atoms with van der Waals surface area (Å²) in [6.07, 6.45) is 9.42. The molecular weight excluding hydrogens is 236 g/mol. The van der Waals surface area contributed by atoms with E-state index in [1.165, 1.54) is 31.2 Å². The van der Waals surface area contributed by atoms with E-state index in [9.17, 15) is 0 Å². The number of aryl methyl sites for hydroxylation is 1. The van der Waals surface area contributed by atoms with E-state index >= 15 is 0 Å². The lowest BCUT2D eigenvalue weighted by molar-refractivity contribution is 0.0989. The molecule has 3 unspecified atom stereocenters. The molecular formula is C15H28N4. The van der Waals surface area contributed by atoms with Gasteiger partial charge < -0.3 is 5.73 Å². The highest BCUT2D eigenvalue weighted by Crippen LogP contribution is 2.31. The molecule has 2 rings (SSSR count). The summed E-state index contributed by atoms with van der Waals surface area (Å²) in [4.78, 5) is 2.51. The molecule has 1 aliphatic carbocycles. The number of aromatic nitrogens is 2. The van der Waals surface area contributed by atoms with Crippen molar-refractivity contribution < 1.29 is 0 Å².